The van der Waals surface area contributed by atoms with E-state index in [0.29, 0.717) is 39.6 Å². The van der Waals surface area contributed by atoms with Gasteiger partial charge in [0.05, 0.1) is 40.6 Å². The van der Waals surface area contributed by atoms with Crippen molar-refractivity contribution in [2.45, 2.75) is 118 Å². The SMILES string of the molecule is CC(C)(C)CC(=O)Nc1ccc2c(c1)c(C(N)=O)nn2CC(=O)N(CC(=O)NCc1cccc(Cl)c1F)C1CC1.CC(C)(C)CC(=O)O.NC(=O)c1nn(CC(=O)N(CC(=O)NCc2cccc(Cl)c2F)C2CC2)c2ccc(N)cc12. The number of benzene rings is 4. The van der Waals surface area contributed by atoms with E-state index >= 15 is 0 Å². The number of hydrogen-bond acceptors (Lipinski definition) is 11. The van der Waals surface area contributed by atoms with Crippen molar-refractivity contribution in [3.05, 3.63) is 117 Å². The second kappa shape index (κ2) is 26.4. The maximum atomic E-state index is 14.2. The van der Waals surface area contributed by atoms with Crippen LogP contribution in [0.1, 0.15) is 112 Å². The Balaban J connectivity index is 0.000000233. The molecule has 6 aromatic rings. The molecule has 8 rings (SSSR count). The van der Waals surface area contributed by atoms with Crippen LogP contribution in [0.3, 0.4) is 0 Å². The second-order valence-electron chi connectivity index (χ2n) is 22.2. The summed E-state index contributed by atoms with van der Waals surface area (Å²) in [5, 5.41) is 25.6. The van der Waals surface area contributed by atoms with E-state index in [9.17, 15) is 47.1 Å². The van der Waals surface area contributed by atoms with Gasteiger partial charge in [0, 0.05) is 64.9 Å². The Morgan fingerprint density at radius 3 is 1.43 bits per heavy atom. The Hall–Kier alpha value is -8.18. The maximum Gasteiger partial charge on any atom is 0.303 e. The number of fused-ring (bicyclic) bond motifs is 2. The van der Waals surface area contributed by atoms with Crippen LogP contribution in [0, 0.1) is 22.5 Å². The Morgan fingerprint density at radius 1 is 0.630 bits per heavy atom. The fourth-order valence-corrected chi connectivity index (χ4v) is 8.82. The van der Waals surface area contributed by atoms with Crippen molar-refractivity contribution in [3.8, 4) is 0 Å². The summed E-state index contributed by atoms with van der Waals surface area (Å²) in [5.74, 6) is -5.18. The number of carbonyl (C=O) groups is 8. The molecule has 0 saturated heterocycles. The largest absolute Gasteiger partial charge is 0.481 e. The number of carbonyl (C=O) groups excluding carboxylic acids is 7. The van der Waals surface area contributed by atoms with E-state index in [0.717, 1.165) is 25.7 Å². The summed E-state index contributed by atoms with van der Waals surface area (Å²) in [4.78, 5) is 101. The Morgan fingerprint density at radius 2 is 1.05 bits per heavy atom. The van der Waals surface area contributed by atoms with Gasteiger partial charge >= 0.3 is 5.97 Å². The van der Waals surface area contributed by atoms with E-state index in [2.05, 4.69) is 26.1 Å². The predicted molar refractivity (Wildman–Crippen MR) is 301 cm³/mol. The third kappa shape index (κ3) is 17.9. The number of aromatic nitrogens is 4. The quantitative estimate of drug-likeness (QED) is 0.0406. The zero-order valence-corrected chi connectivity index (χ0v) is 47.2. The molecule has 25 heteroatoms. The molecule has 2 aromatic heterocycles. The summed E-state index contributed by atoms with van der Waals surface area (Å²) >= 11 is 11.6. The highest BCUT2D eigenvalue weighted by Crippen LogP contribution is 2.31. The molecular formula is C56H66Cl2F2N12O9. The van der Waals surface area contributed by atoms with Crippen LogP contribution in [0.5, 0.6) is 0 Å². The number of rotatable bonds is 19. The van der Waals surface area contributed by atoms with Crippen LogP contribution < -0.4 is 33.2 Å². The summed E-state index contributed by atoms with van der Waals surface area (Å²) < 4.78 is 30.9. The monoisotopic (exact) mass is 1160 g/mol. The summed E-state index contributed by atoms with van der Waals surface area (Å²) in [5.41, 5.74) is 18.9. The molecule has 2 heterocycles. The molecule has 4 aromatic carbocycles. The highest BCUT2D eigenvalue weighted by Gasteiger charge is 2.36. The van der Waals surface area contributed by atoms with Gasteiger partial charge in [-0.25, -0.2) is 8.78 Å². The number of primary amides is 2. The number of nitrogens with zero attached hydrogens (tertiary/aromatic N) is 6. The van der Waals surface area contributed by atoms with Gasteiger partial charge in [0.15, 0.2) is 11.4 Å². The lowest BCUT2D eigenvalue weighted by molar-refractivity contribution is -0.139. The third-order valence-electron chi connectivity index (χ3n) is 12.5. The van der Waals surface area contributed by atoms with Crippen LogP contribution in [0.15, 0.2) is 72.8 Å². The van der Waals surface area contributed by atoms with E-state index in [4.69, 9.17) is 45.5 Å². The summed E-state index contributed by atoms with van der Waals surface area (Å²) in [6, 6.07) is 18.7. The first-order chi connectivity index (χ1) is 38.0. The lowest BCUT2D eigenvalue weighted by atomic mass is 9.92. The number of hydrogen-bond donors (Lipinski definition) is 7. The first kappa shape index (κ1) is 62.0. The molecule has 21 nitrogen and oxygen atoms in total. The molecule has 432 valence electrons. The fourth-order valence-electron chi connectivity index (χ4n) is 8.43. The molecule has 2 aliphatic carbocycles. The minimum atomic E-state index is -0.777. The predicted octanol–water partition coefficient (Wildman–Crippen LogP) is 6.93. The fraction of sp³-hybridized carbons (Fsp3) is 0.393. The van der Waals surface area contributed by atoms with Gasteiger partial charge in [0.1, 0.15) is 24.7 Å². The van der Waals surface area contributed by atoms with Gasteiger partial charge in [0.25, 0.3) is 11.8 Å². The summed E-state index contributed by atoms with van der Waals surface area (Å²) in [6.07, 6.45) is 3.63. The smallest absolute Gasteiger partial charge is 0.303 e. The molecule has 2 fully saturated rings. The molecule has 0 spiro atoms. The maximum absolute atomic E-state index is 14.2. The highest BCUT2D eigenvalue weighted by molar-refractivity contribution is 6.31. The second-order valence-corrected chi connectivity index (χ2v) is 23.0. The molecule has 0 aliphatic heterocycles. The normalized spacial score (nSPS) is 13.0. The van der Waals surface area contributed by atoms with Crippen LogP contribution in [0.4, 0.5) is 20.2 Å². The lowest BCUT2D eigenvalue weighted by Gasteiger charge is -2.22. The molecule has 81 heavy (non-hydrogen) atoms. The zero-order chi connectivity index (χ0) is 59.7. The van der Waals surface area contributed by atoms with Crippen molar-refractivity contribution in [2.24, 2.45) is 22.3 Å². The van der Waals surface area contributed by atoms with E-state index < -0.39 is 41.2 Å². The van der Waals surface area contributed by atoms with Gasteiger partial charge in [0.2, 0.25) is 29.5 Å². The van der Waals surface area contributed by atoms with Crippen molar-refractivity contribution in [2.75, 3.05) is 24.1 Å². The van der Waals surface area contributed by atoms with E-state index in [1.165, 1.54) is 43.4 Å². The number of carboxylic acids is 1. The zero-order valence-electron chi connectivity index (χ0n) is 45.7. The standard InChI is InChI=1S/C28H32ClFN6O4.C22H22ClFN6O3.C6H12O2/c1-28(2,3)12-22(37)33-17-7-10-21-19(11-17)26(27(31)40)34-36(21)15-24(39)35(18-8-9-18)14-23(38)32-13-16-5-4-6-20(29)25(16)30;23-16-3-1-2-12(20(16)24)9-27-18(31)10-29(14-5-6-14)19(32)11-30-17-7-4-13(25)8-15(17)21(28-30)22(26)33;1-6(2,3)4-5(7)8/h4-7,10-11,18H,8-9,12-15H2,1-3H3,(H2,31,40)(H,32,38)(H,33,37);1-4,7-8,14H,5-6,9-11,25H2,(H2,26,33)(H,27,31);4H2,1-3H3,(H,7,8). The van der Waals surface area contributed by atoms with Gasteiger partial charge in [-0.05, 0) is 85.0 Å². The number of nitrogens with two attached hydrogens (primary N) is 3. The minimum Gasteiger partial charge on any atom is -0.481 e. The van der Waals surface area contributed by atoms with Crippen molar-refractivity contribution < 1.29 is 52.2 Å². The minimum absolute atomic E-state index is 0.0179. The molecule has 0 atom stereocenters. The molecule has 7 amide bonds. The van der Waals surface area contributed by atoms with E-state index in [-0.39, 0.29) is 119 Å². The van der Waals surface area contributed by atoms with Crippen LogP contribution in [0.25, 0.3) is 21.8 Å². The van der Waals surface area contributed by atoms with Gasteiger partial charge in [-0.15, -0.1) is 0 Å². The van der Waals surface area contributed by atoms with E-state index in [1.807, 2.05) is 41.5 Å². The van der Waals surface area contributed by atoms with Crippen molar-refractivity contribution in [1.82, 2.24) is 40.0 Å². The lowest BCUT2D eigenvalue weighted by Crippen LogP contribution is -2.43. The number of nitrogen functional groups attached to an aromatic ring is 1. The van der Waals surface area contributed by atoms with Crippen LogP contribution in [-0.2, 0) is 54.9 Å². The Kier molecular flexibility index (Phi) is 20.2. The topological polar surface area (TPSA) is 313 Å². The number of halogens is 4. The van der Waals surface area contributed by atoms with Gasteiger partial charge < -0.3 is 48.1 Å². The van der Waals surface area contributed by atoms with Crippen molar-refractivity contribution in [1.29, 1.82) is 0 Å². The molecule has 2 aliphatic rings. The molecule has 2 saturated carbocycles. The van der Waals surface area contributed by atoms with Crippen LogP contribution in [-0.4, -0.2) is 107 Å². The van der Waals surface area contributed by atoms with Gasteiger partial charge in [-0.2, -0.15) is 10.2 Å². The number of aliphatic carboxylic acids is 1. The molecular weight excluding hydrogens is 1090 g/mol. The Bertz CT molecular complexity index is 3380. The molecule has 0 radical (unpaired) electrons. The number of carboxylic acid groups (broad SMARTS) is 1. The highest BCUT2D eigenvalue weighted by atomic mass is 35.5. The Labute approximate surface area is 475 Å². The third-order valence-corrected chi connectivity index (χ3v) is 13.1. The molecule has 0 unspecified atom stereocenters. The number of amides is 7. The number of nitrogens with one attached hydrogen (secondary N) is 3. The van der Waals surface area contributed by atoms with Crippen molar-refractivity contribution in [3.63, 3.8) is 0 Å². The molecule has 10 N–H and O–H groups in total. The average molecular weight is 1160 g/mol. The van der Waals surface area contributed by atoms with Crippen molar-refractivity contribution >= 4 is 104 Å². The van der Waals surface area contributed by atoms with Crippen LogP contribution >= 0.6 is 23.2 Å². The first-order valence-corrected chi connectivity index (χ1v) is 26.6. The van der Waals surface area contributed by atoms with Gasteiger partial charge in [-0.3, -0.25) is 47.7 Å². The summed E-state index contributed by atoms with van der Waals surface area (Å²) in [7, 11) is 0. The van der Waals surface area contributed by atoms with E-state index in [1.54, 1.807) is 48.5 Å². The average Bonchev–Trinajstić information content (AvgIpc) is 4.49. The van der Waals surface area contributed by atoms with Crippen LogP contribution in [0.2, 0.25) is 10.0 Å². The summed E-state index contributed by atoms with van der Waals surface area (Å²) in [6.45, 7) is 10.7. The van der Waals surface area contributed by atoms with Gasteiger partial charge in [-0.1, -0.05) is 89.0 Å². The first-order valence-electron chi connectivity index (χ1n) is 25.8. The molecule has 0 bridgehead atoms. The number of anilines is 2.